The monoisotopic (exact) mass is 378 g/mol. The molecule has 2 heterocycles. The van der Waals surface area contributed by atoms with Crippen molar-refractivity contribution in [3.8, 4) is 11.6 Å². The van der Waals surface area contributed by atoms with Gasteiger partial charge < -0.3 is 14.4 Å². The molecule has 1 fully saturated rings. The molecule has 0 atom stereocenters. The van der Waals surface area contributed by atoms with E-state index in [0.29, 0.717) is 50.4 Å². The summed E-state index contributed by atoms with van der Waals surface area (Å²) in [5.41, 5.74) is 0. The molecule has 8 nitrogen and oxygen atoms in total. The maximum absolute atomic E-state index is 12.8. The molecule has 2 aromatic rings. The lowest BCUT2D eigenvalue weighted by atomic mass is 10.3. The fourth-order valence-corrected chi connectivity index (χ4v) is 4.17. The van der Waals surface area contributed by atoms with Crippen molar-refractivity contribution in [3.63, 3.8) is 0 Å². The van der Waals surface area contributed by atoms with E-state index in [4.69, 9.17) is 9.47 Å². The van der Waals surface area contributed by atoms with Crippen LogP contribution in [0.3, 0.4) is 0 Å². The first-order valence-electron chi connectivity index (χ1n) is 8.39. The molecule has 140 valence electrons. The molecule has 0 unspecified atom stereocenters. The number of anilines is 1. The van der Waals surface area contributed by atoms with Crippen molar-refractivity contribution in [1.29, 1.82) is 0 Å². The van der Waals surface area contributed by atoms with E-state index in [1.54, 1.807) is 43.6 Å². The van der Waals surface area contributed by atoms with Gasteiger partial charge in [-0.15, -0.1) is 0 Å². The van der Waals surface area contributed by atoms with Crippen molar-refractivity contribution in [3.05, 3.63) is 36.5 Å². The molecule has 0 bridgehead atoms. The topological polar surface area (TPSA) is 84.9 Å². The van der Waals surface area contributed by atoms with Crippen LogP contribution in [0.1, 0.15) is 6.92 Å². The van der Waals surface area contributed by atoms with Crippen LogP contribution >= 0.6 is 0 Å². The quantitative estimate of drug-likeness (QED) is 0.751. The van der Waals surface area contributed by atoms with E-state index in [1.807, 2.05) is 11.8 Å². The van der Waals surface area contributed by atoms with Gasteiger partial charge >= 0.3 is 0 Å². The second-order valence-corrected chi connectivity index (χ2v) is 7.63. The van der Waals surface area contributed by atoms with Crippen molar-refractivity contribution in [2.24, 2.45) is 0 Å². The third kappa shape index (κ3) is 3.88. The predicted octanol–water partition coefficient (Wildman–Crippen LogP) is 1.39. The molecule has 3 rings (SSSR count). The molecule has 26 heavy (non-hydrogen) atoms. The molecule has 1 aromatic heterocycles. The van der Waals surface area contributed by atoms with Crippen molar-refractivity contribution in [1.82, 2.24) is 14.3 Å². The Balaban J connectivity index is 1.68. The summed E-state index contributed by atoms with van der Waals surface area (Å²) in [7, 11) is -1.98. The van der Waals surface area contributed by atoms with Gasteiger partial charge in [-0.05, 0) is 31.2 Å². The van der Waals surface area contributed by atoms with Gasteiger partial charge in [0.15, 0.2) is 0 Å². The van der Waals surface area contributed by atoms with Crippen LogP contribution < -0.4 is 14.4 Å². The van der Waals surface area contributed by atoms with Gasteiger partial charge in [0.2, 0.25) is 21.9 Å². The molecule has 0 amide bonds. The Morgan fingerprint density at radius 2 is 1.77 bits per heavy atom. The second kappa shape index (κ2) is 7.88. The minimum absolute atomic E-state index is 0.270. The summed E-state index contributed by atoms with van der Waals surface area (Å²) >= 11 is 0. The lowest BCUT2D eigenvalue weighted by Gasteiger charge is -2.34. The van der Waals surface area contributed by atoms with Crippen LogP contribution in [0.25, 0.3) is 0 Å². The lowest BCUT2D eigenvalue weighted by molar-refractivity contribution is 0.340. The van der Waals surface area contributed by atoms with Crippen LogP contribution in [-0.4, -0.2) is 62.6 Å². The number of rotatable bonds is 6. The van der Waals surface area contributed by atoms with E-state index >= 15 is 0 Å². The maximum atomic E-state index is 12.8. The van der Waals surface area contributed by atoms with Crippen molar-refractivity contribution >= 4 is 16.0 Å². The zero-order valence-electron chi connectivity index (χ0n) is 14.8. The summed E-state index contributed by atoms with van der Waals surface area (Å²) in [6, 6.07) is 8.19. The van der Waals surface area contributed by atoms with Crippen molar-refractivity contribution in [2.45, 2.75) is 11.8 Å². The standard InChI is InChI=1S/C17H22N4O4S/c1-3-25-14-4-6-15(7-5-14)26(22,23)21-12-10-20(11-13-21)17-18-9-8-16(19-17)24-2/h4-9H,3,10-13H2,1-2H3. The summed E-state index contributed by atoms with van der Waals surface area (Å²) in [6.45, 7) is 4.20. The molecule has 0 N–H and O–H groups in total. The Hall–Kier alpha value is -2.39. The van der Waals surface area contributed by atoms with Crippen LogP contribution in [0.4, 0.5) is 5.95 Å². The number of hydrogen-bond acceptors (Lipinski definition) is 7. The minimum atomic E-state index is -3.53. The Kier molecular flexibility index (Phi) is 5.58. The molecule has 1 aliphatic rings. The summed E-state index contributed by atoms with van der Waals surface area (Å²) < 4.78 is 37.6. The molecule has 0 aliphatic carbocycles. The molecule has 0 radical (unpaired) electrons. The highest BCUT2D eigenvalue weighted by atomic mass is 32.2. The van der Waals surface area contributed by atoms with E-state index in [2.05, 4.69) is 9.97 Å². The molecular weight excluding hydrogens is 356 g/mol. The molecule has 1 saturated heterocycles. The van der Waals surface area contributed by atoms with Gasteiger partial charge in [-0.3, -0.25) is 0 Å². The van der Waals surface area contributed by atoms with Gasteiger partial charge in [-0.25, -0.2) is 13.4 Å². The number of hydrogen-bond donors (Lipinski definition) is 0. The van der Waals surface area contributed by atoms with E-state index in [1.165, 1.54) is 4.31 Å². The van der Waals surface area contributed by atoms with Gasteiger partial charge in [-0.1, -0.05) is 0 Å². The SMILES string of the molecule is CCOc1ccc(S(=O)(=O)N2CCN(c3nccc(OC)n3)CC2)cc1. The molecule has 0 spiro atoms. The fourth-order valence-electron chi connectivity index (χ4n) is 2.75. The third-order valence-electron chi connectivity index (χ3n) is 4.12. The first kappa shape index (κ1) is 18.4. The van der Waals surface area contributed by atoms with Gasteiger partial charge in [0.1, 0.15) is 5.75 Å². The Morgan fingerprint density at radius 1 is 1.08 bits per heavy atom. The summed E-state index contributed by atoms with van der Waals surface area (Å²) in [4.78, 5) is 10.8. The van der Waals surface area contributed by atoms with E-state index in [9.17, 15) is 8.42 Å². The van der Waals surface area contributed by atoms with E-state index < -0.39 is 10.0 Å². The maximum Gasteiger partial charge on any atom is 0.243 e. The Labute approximate surface area is 153 Å². The highest BCUT2D eigenvalue weighted by Gasteiger charge is 2.29. The lowest BCUT2D eigenvalue weighted by Crippen LogP contribution is -2.49. The molecule has 0 saturated carbocycles. The van der Waals surface area contributed by atoms with Crippen molar-refractivity contribution < 1.29 is 17.9 Å². The van der Waals surface area contributed by atoms with E-state index in [0.717, 1.165) is 0 Å². The van der Waals surface area contributed by atoms with Crippen molar-refractivity contribution in [2.75, 3.05) is 44.8 Å². The number of benzene rings is 1. The summed E-state index contributed by atoms with van der Waals surface area (Å²) in [5, 5.41) is 0. The zero-order valence-corrected chi connectivity index (χ0v) is 15.6. The molecule has 1 aromatic carbocycles. The number of methoxy groups -OCH3 is 1. The molecular formula is C17H22N4O4S. The van der Waals surface area contributed by atoms with E-state index in [-0.39, 0.29) is 4.90 Å². The predicted molar refractivity (Wildman–Crippen MR) is 97.2 cm³/mol. The number of piperazine rings is 1. The number of sulfonamides is 1. The largest absolute Gasteiger partial charge is 0.494 e. The van der Waals surface area contributed by atoms with Crippen LogP contribution in [0.15, 0.2) is 41.4 Å². The van der Waals surface area contributed by atoms with Crippen LogP contribution in [-0.2, 0) is 10.0 Å². The Bertz CT molecular complexity index is 834. The average Bonchev–Trinajstić information content (AvgIpc) is 2.69. The van der Waals surface area contributed by atoms with Crippen LogP contribution in [0.5, 0.6) is 11.6 Å². The van der Waals surface area contributed by atoms with Crippen LogP contribution in [0.2, 0.25) is 0 Å². The Morgan fingerprint density at radius 3 is 2.38 bits per heavy atom. The number of ether oxygens (including phenoxy) is 2. The van der Waals surface area contributed by atoms with Gasteiger partial charge in [0.25, 0.3) is 0 Å². The smallest absolute Gasteiger partial charge is 0.243 e. The third-order valence-corrected chi connectivity index (χ3v) is 6.03. The second-order valence-electron chi connectivity index (χ2n) is 5.69. The minimum Gasteiger partial charge on any atom is -0.494 e. The summed E-state index contributed by atoms with van der Waals surface area (Å²) in [6.07, 6.45) is 1.63. The summed E-state index contributed by atoms with van der Waals surface area (Å²) in [5.74, 6) is 1.69. The highest BCUT2D eigenvalue weighted by Crippen LogP contribution is 2.22. The first-order valence-corrected chi connectivity index (χ1v) is 9.83. The first-order chi connectivity index (χ1) is 12.5. The average molecular weight is 378 g/mol. The molecule has 9 heteroatoms. The molecule has 1 aliphatic heterocycles. The normalized spacial score (nSPS) is 15.7. The van der Waals surface area contributed by atoms with Gasteiger partial charge in [-0.2, -0.15) is 9.29 Å². The number of nitrogens with zero attached hydrogens (tertiary/aromatic N) is 4. The fraction of sp³-hybridized carbons (Fsp3) is 0.412. The van der Waals surface area contributed by atoms with Crippen LogP contribution in [0, 0.1) is 0 Å². The number of aromatic nitrogens is 2. The highest BCUT2D eigenvalue weighted by molar-refractivity contribution is 7.89. The van der Waals surface area contributed by atoms with Gasteiger partial charge in [0.05, 0.1) is 18.6 Å². The van der Waals surface area contributed by atoms with Gasteiger partial charge in [0, 0.05) is 38.4 Å². The zero-order chi connectivity index (χ0) is 18.6.